The number of hydrogen-bond donors (Lipinski definition) is 0. The van der Waals surface area contributed by atoms with Crippen molar-refractivity contribution in [1.82, 2.24) is 9.80 Å². The summed E-state index contributed by atoms with van der Waals surface area (Å²) in [6.45, 7) is 2.87. The van der Waals surface area contributed by atoms with Gasteiger partial charge in [0.05, 0.1) is 22.0 Å². The first-order valence-electron chi connectivity index (χ1n) is 11.5. The molecule has 2 unspecified atom stereocenters. The number of amides is 2. The smallest absolute Gasteiger partial charge is 0.253 e. The molecule has 0 aliphatic carbocycles. The van der Waals surface area contributed by atoms with Crippen LogP contribution in [0, 0.1) is 5.92 Å². The Morgan fingerprint density at radius 2 is 1.67 bits per heavy atom. The zero-order chi connectivity index (χ0) is 22.9. The van der Waals surface area contributed by atoms with E-state index in [1.807, 2.05) is 23.1 Å². The molecule has 0 saturated carbocycles. The van der Waals surface area contributed by atoms with Crippen molar-refractivity contribution >= 4 is 35.0 Å². The van der Waals surface area contributed by atoms with E-state index in [1.54, 1.807) is 23.1 Å². The van der Waals surface area contributed by atoms with Gasteiger partial charge in [-0.1, -0.05) is 29.3 Å². The Bertz CT molecular complexity index is 1080. The van der Waals surface area contributed by atoms with E-state index in [-0.39, 0.29) is 23.8 Å². The molecule has 0 aromatic heterocycles. The van der Waals surface area contributed by atoms with Crippen molar-refractivity contribution in [3.63, 3.8) is 0 Å². The van der Waals surface area contributed by atoms with Gasteiger partial charge in [-0.3, -0.25) is 9.59 Å². The topological polar surface area (TPSA) is 59.1 Å². The molecular formula is C25H26Cl2N2O4. The summed E-state index contributed by atoms with van der Waals surface area (Å²) in [5, 5.41) is 0.769. The maximum atomic E-state index is 13.6. The second-order valence-electron chi connectivity index (χ2n) is 8.81. The molecule has 3 aliphatic rings. The molecule has 5 rings (SSSR count). The fourth-order valence-corrected chi connectivity index (χ4v) is 5.35. The lowest BCUT2D eigenvalue weighted by atomic mass is 9.94. The summed E-state index contributed by atoms with van der Waals surface area (Å²) >= 11 is 12.1. The highest BCUT2D eigenvalue weighted by molar-refractivity contribution is 6.42. The van der Waals surface area contributed by atoms with E-state index in [1.165, 1.54) is 0 Å². The van der Waals surface area contributed by atoms with Gasteiger partial charge in [0.15, 0.2) is 11.5 Å². The minimum absolute atomic E-state index is 0.0227. The van der Waals surface area contributed by atoms with Gasteiger partial charge in [0, 0.05) is 25.2 Å². The van der Waals surface area contributed by atoms with Crippen molar-refractivity contribution in [1.29, 1.82) is 0 Å². The highest BCUT2D eigenvalue weighted by Crippen LogP contribution is 2.39. The first kappa shape index (κ1) is 22.4. The summed E-state index contributed by atoms with van der Waals surface area (Å²) < 4.78 is 11.4. The number of carbonyl (C=O) groups excluding carboxylic acids is 2. The fraction of sp³-hybridized carbons (Fsp3) is 0.440. The largest absolute Gasteiger partial charge is 0.486 e. The van der Waals surface area contributed by atoms with Crippen LogP contribution in [0.1, 0.15) is 47.6 Å². The van der Waals surface area contributed by atoms with E-state index < -0.39 is 0 Å². The standard InChI is InChI=1S/C25H26Cl2N2O4/c26-19-7-5-17(13-20(19)27)24(30)28-9-1-3-18(15-28)25(31)29-10-2-4-21(29)16-6-8-22-23(14-16)33-12-11-32-22/h5-8,13-14,18,21H,1-4,9-12,15H2. The van der Waals surface area contributed by atoms with E-state index >= 15 is 0 Å². The Morgan fingerprint density at radius 1 is 0.879 bits per heavy atom. The second kappa shape index (κ2) is 9.43. The van der Waals surface area contributed by atoms with Crippen LogP contribution in [-0.2, 0) is 4.79 Å². The highest BCUT2D eigenvalue weighted by Gasteiger charge is 2.37. The highest BCUT2D eigenvalue weighted by atomic mass is 35.5. The normalized spacial score (nSPS) is 22.4. The van der Waals surface area contributed by atoms with Gasteiger partial charge < -0.3 is 19.3 Å². The zero-order valence-corrected chi connectivity index (χ0v) is 19.8. The van der Waals surface area contributed by atoms with Crippen molar-refractivity contribution in [3.05, 3.63) is 57.6 Å². The Kier molecular flexibility index (Phi) is 6.39. The predicted octanol–water partition coefficient (Wildman–Crippen LogP) is 4.98. The number of halogens is 2. The van der Waals surface area contributed by atoms with E-state index in [2.05, 4.69) is 0 Å². The van der Waals surface area contributed by atoms with E-state index in [0.29, 0.717) is 41.9 Å². The molecule has 2 amide bonds. The van der Waals surface area contributed by atoms with Gasteiger partial charge in [-0.2, -0.15) is 0 Å². The monoisotopic (exact) mass is 488 g/mol. The van der Waals surface area contributed by atoms with Crippen molar-refractivity contribution in [2.45, 2.75) is 31.7 Å². The predicted molar refractivity (Wildman–Crippen MR) is 126 cm³/mol. The van der Waals surface area contributed by atoms with Crippen LogP contribution in [0.15, 0.2) is 36.4 Å². The van der Waals surface area contributed by atoms with Crippen LogP contribution in [0.2, 0.25) is 10.0 Å². The first-order valence-corrected chi connectivity index (χ1v) is 12.2. The average molecular weight is 489 g/mol. The van der Waals surface area contributed by atoms with Crippen molar-refractivity contribution in [2.24, 2.45) is 5.92 Å². The van der Waals surface area contributed by atoms with Gasteiger partial charge in [0.2, 0.25) is 5.91 Å². The SMILES string of the molecule is O=C(c1ccc(Cl)c(Cl)c1)N1CCCC(C(=O)N2CCCC2c2ccc3c(c2)OCCO3)C1. The molecular weight excluding hydrogens is 463 g/mol. The lowest BCUT2D eigenvalue weighted by Crippen LogP contribution is -2.46. The van der Waals surface area contributed by atoms with Crippen molar-refractivity contribution in [2.75, 3.05) is 32.8 Å². The quantitative estimate of drug-likeness (QED) is 0.611. The van der Waals surface area contributed by atoms with Crippen LogP contribution < -0.4 is 9.47 Å². The van der Waals surface area contributed by atoms with E-state index in [0.717, 1.165) is 49.3 Å². The third kappa shape index (κ3) is 4.51. The van der Waals surface area contributed by atoms with Gasteiger partial charge in [0.25, 0.3) is 5.91 Å². The summed E-state index contributed by atoms with van der Waals surface area (Å²) in [4.78, 5) is 30.4. The lowest BCUT2D eigenvalue weighted by molar-refractivity contribution is -0.138. The number of rotatable bonds is 3. The maximum Gasteiger partial charge on any atom is 0.253 e. The number of fused-ring (bicyclic) bond motifs is 1. The van der Waals surface area contributed by atoms with Crippen LogP contribution in [0.4, 0.5) is 0 Å². The summed E-state index contributed by atoms with van der Waals surface area (Å²) in [6, 6.07) is 10.9. The van der Waals surface area contributed by atoms with Gasteiger partial charge in [-0.15, -0.1) is 0 Å². The number of ether oxygens (including phenoxy) is 2. The van der Waals surface area contributed by atoms with E-state index in [4.69, 9.17) is 32.7 Å². The molecule has 3 heterocycles. The molecule has 0 N–H and O–H groups in total. The zero-order valence-electron chi connectivity index (χ0n) is 18.3. The molecule has 0 spiro atoms. The molecule has 0 radical (unpaired) electrons. The molecule has 2 atom stereocenters. The van der Waals surface area contributed by atoms with Crippen LogP contribution in [0.5, 0.6) is 11.5 Å². The molecule has 2 fully saturated rings. The lowest BCUT2D eigenvalue weighted by Gasteiger charge is -2.36. The number of carbonyl (C=O) groups is 2. The summed E-state index contributed by atoms with van der Waals surface area (Å²) in [6.07, 6.45) is 3.47. The Morgan fingerprint density at radius 3 is 2.48 bits per heavy atom. The molecule has 3 aliphatic heterocycles. The number of nitrogens with zero attached hydrogens (tertiary/aromatic N) is 2. The van der Waals surface area contributed by atoms with Gasteiger partial charge in [-0.25, -0.2) is 0 Å². The number of likely N-dealkylation sites (tertiary alicyclic amines) is 2. The second-order valence-corrected chi connectivity index (χ2v) is 9.63. The average Bonchev–Trinajstić information content (AvgIpc) is 3.34. The third-order valence-corrected chi connectivity index (χ3v) is 7.45. The minimum atomic E-state index is -0.205. The van der Waals surface area contributed by atoms with E-state index in [9.17, 15) is 9.59 Å². The van der Waals surface area contributed by atoms with Crippen LogP contribution in [-0.4, -0.2) is 54.5 Å². The first-order chi connectivity index (χ1) is 16.0. The number of benzene rings is 2. The van der Waals surface area contributed by atoms with Crippen LogP contribution in [0.25, 0.3) is 0 Å². The minimum Gasteiger partial charge on any atom is -0.486 e. The summed E-state index contributed by atoms with van der Waals surface area (Å²) in [5.41, 5.74) is 1.57. The molecule has 0 bridgehead atoms. The van der Waals surface area contributed by atoms with Crippen molar-refractivity contribution < 1.29 is 19.1 Å². The summed E-state index contributed by atoms with van der Waals surface area (Å²) in [7, 11) is 0. The van der Waals surface area contributed by atoms with Gasteiger partial charge in [-0.05, 0) is 61.6 Å². The molecule has 2 aromatic rings. The molecule has 174 valence electrons. The number of piperidine rings is 1. The molecule has 2 aromatic carbocycles. The maximum absolute atomic E-state index is 13.6. The van der Waals surface area contributed by atoms with Gasteiger partial charge in [0.1, 0.15) is 13.2 Å². The molecule has 8 heteroatoms. The molecule has 6 nitrogen and oxygen atoms in total. The fourth-order valence-electron chi connectivity index (χ4n) is 5.05. The Labute approximate surface area is 203 Å². The summed E-state index contributed by atoms with van der Waals surface area (Å²) in [5.74, 6) is 1.30. The number of hydrogen-bond acceptors (Lipinski definition) is 4. The third-order valence-electron chi connectivity index (χ3n) is 6.71. The van der Waals surface area contributed by atoms with Crippen LogP contribution >= 0.6 is 23.2 Å². The van der Waals surface area contributed by atoms with Crippen molar-refractivity contribution in [3.8, 4) is 11.5 Å². The molecule has 33 heavy (non-hydrogen) atoms. The Balaban J connectivity index is 1.30. The van der Waals surface area contributed by atoms with Crippen LogP contribution in [0.3, 0.4) is 0 Å². The molecule has 2 saturated heterocycles. The van der Waals surface area contributed by atoms with Gasteiger partial charge >= 0.3 is 0 Å². The Hall–Kier alpha value is -2.44.